The molecule has 0 radical (unpaired) electrons. The van der Waals surface area contributed by atoms with Crippen LogP contribution in [0.4, 0.5) is 4.39 Å². The lowest BCUT2D eigenvalue weighted by atomic mass is 9.87. The topological polar surface area (TPSA) is 38.9 Å². The molecule has 0 unspecified atom stereocenters. The van der Waals surface area contributed by atoms with E-state index in [4.69, 9.17) is 5.73 Å². The van der Waals surface area contributed by atoms with Gasteiger partial charge in [-0.25, -0.2) is 9.37 Å². The fourth-order valence-corrected chi connectivity index (χ4v) is 4.09. The molecular weight excluding hydrogens is 271 g/mol. The highest BCUT2D eigenvalue weighted by Gasteiger charge is 2.23. The van der Waals surface area contributed by atoms with E-state index >= 15 is 0 Å². The molecule has 3 rings (SSSR count). The van der Waals surface area contributed by atoms with Crippen molar-refractivity contribution in [1.29, 1.82) is 0 Å². The summed E-state index contributed by atoms with van der Waals surface area (Å²) in [5.41, 5.74) is 7.57. The van der Waals surface area contributed by atoms with Crippen LogP contribution in [0.15, 0.2) is 24.3 Å². The molecule has 0 spiro atoms. The van der Waals surface area contributed by atoms with Crippen molar-refractivity contribution < 1.29 is 4.39 Å². The van der Waals surface area contributed by atoms with Crippen LogP contribution in [0.3, 0.4) is 0 Å². The van der Waals surface area contributed by atoms with Gasteiger partial charge in [-0.15, -0.1) is 11.3 Å². The Labute approximate surface area is 122 Å². The Morgan fingerprint density at radius 1 is 1.25 bits per heavy atom. The SMILES string of the molecule is NCc1nc(-c2cccc(F)c2)c(C2CCCCC2)s1. The minimum atomic E-state index is -0.209. The molecule has 106 valence electrons. The second-order valence-electron chi connectivity index (χ2n) is 5.37. The van der Waals surface area contributed by atoms with E-state index in [2.05, 4.69) is 4.98 Å². The molecule has 1 aromatic carbocycles. The van der Waals surface area contributed by atoms with E-state index in [-0.39, 0.29) is 5.82 Å². The first-order chi connectivity index (χ1) is 9.78. The minimum Gasteiger partial charge on any atom is -0.325 e. The summed E-state index contributed by atoms with van der Waals surface area (Å²) >= 11 is 1.71. The molecule has 0 atom stereocenters. The molecule has 1 aliphatic rings. The molecule has 1 aromatic heterocycles. The van der Waals surface area contributed by atoms with Crippen molar-refractivity contribution in [1.82, 2.24) is 4.98 Å². The van der Waals surface area contributed by atoms with Gasteiger partial charge in [0.2, 0.25) is 0 Å². The zero-order valence-electron chi connectivity index (χ0n) is 11.4. The molecule has 2 N–H and O–H groups in total. The quantitative estimate of drug-likeness (QED) is 0.906. The van der Waals surface area contributed by atoms with E-state index in [1.807, 2.05) is 6.07 Å². The highest BCUT2D eigenvalue weighted by molar-refractivity contribution is 7.12. The normalized spacial score (nSPS) is 16.5. The van der Waals surface area contributed by atoms with Crippen LogP contribution >= 0.6 is 11.3 Å². The Morgan fingerprint density at radius 2 is 2.05 bits per heavy atom. The van der Waals surface area contributed by atoms with Crippen molar-refractivity contribution >= 4 is 11.3 Å². The van der Waals surface area contributed by atoms with E-state index in [9.17, 15) is 4.39 Å². The number of rotatable bonds is 3. The number of thiazole rings is 1. The second kappa shape index (κ2) is 6.02. The molecule has 1 saturated carbocycles. The number of benzene rings is 1. The number of hydrogen-bond acceptors (Lipinski definition) is 3. The highest BCUT2D eigenvalue weighted by atomic mass is 32.1. The zero-order valence-corrected chi connectivity index (χ0v) is 12.3. The van der Waals surface area contributed by atoms with Gasteiger partial charge in [-0.1, -0.05) is 31.4 Å². The van der Waals surface area contributed by atoms with E-state index in [0.717, 1.165) is 16.3 Å². The van der Waals surface area contributed by atoms with Crippen LogP contribution in [-0.4, -0.2) is 4.98 Å². The van der Waals surface area contributed by atoms with Gasteiger partial charge in [0.1, 0.15) is 10.8 Å². The fraction of sp³-hybridized carbons (Fsp3) is 0.438. The molecule has 1 aliphatic carbocycles. The number of nitrogens with zero attached hydrogens (tertiary/aromatic N) is 1. The van der Waals surface area contributed by atoms with E-state index in [1.54, 1.807) is 23.5 Å². The Bertz CT molecular complexity index is 588. The van der Waals surface area contributed by atoms with E-state index < -0.39 is 0 Å². The maximum absolute atomic E-state index is 13.5. The largest absolute Gasteiger partial charge is 0.325 e. The maximum Gasteiger partial charge on any atom is 0.123 e. The van der Waals surface area contributed by atoms with Gasteiger partial charge in [-0.3, -0.25) is 0 Å². The van der Waals surface area contributed by atoms with Gasteiger partial charge in [0.05, 0.1) is 5.69 Å². The Balaban J connectivity index is 2.02. The van der Waals surface area contributed by atoms with Crippen molar-refractivity contribution in [3.63, 3.8) is 0 Å². The van der Waals surface area contributed by atoms with Crippen LogP contribution in [0.2, 0.25) is 0 Å². The van der Waals surface area contributed by atoms with Crippen molar-refractivity contribution in [3.8, 4) is 11.3 Å². The Morgan fingerprint density at radius 3 is 2.75 bits per heavy atom. The van der Waals surface area contributed by atoms with Gasteiger partial charge >= 0.3 is 0 Å². The molecule has 1 heterocycles. The fourth-order valence-electron chi connectivity index (χ4n) is 2.95. The molecule has 2 aromatic rings. The molecule has 0 aliphatic heterocycles. The molecule has 20 heavy (non-hydrogen) atoms. The van der Waals surface area contributed by atoms with Crippen molar-refractivity contribution in [2.24, 2.45) is 5.73 Å². The summed E-state index contributed by atoms with van der Waals surface area (Å²) in [6.45, 7) is 0.458. The third-order valence-corrected chi connectivity index (χ3v) is 5.19. The predicted molar refractivity (Wildman–Crippen MR) is 81.2 cm³/mol. The molecule has 0 saturated heterocycles. The van der Waals surface area contributed by atoms with Gasteiger partial charge in [0.15, 0.2) is 0 Å². The van der Waals surface area contributed by atoms with Crippen molar-refractivity contribution in [2.45, 2.75) is 44.6 Å². The average Bonchev–Trinajstić information content (AvgIpc) is 2.92. The van der Waals surface area contributed by atoms with Crippen LogP contribution < -0.4 is 5.73 Å². The lowest BCUT2D eigenvalue weighted by Crippen LogP contribution is -2.04. The second-order valence-corrected chi connectivity index (χ2v) is 6.49. The first-order valence-corrected chi connectivity index (χ1v) is 8.05. The van der Waals surface area contributed by atoms with Crippen molar-refractivity contribution in [2.75, 3.05) is 0 Å². The summed E-state index contributed by atoms with van der Waals surface area (Å²) in [7, 11) is 0. The van der Waals surface area contributed by atoms with Gasteiger partial charge < -0.3 is 5.73 Å². The number of aromatic nitrogens is 1. The van der Waals surface area contributed by atoms with Gasteiger partial charge in [0, 0.05) is 17.0 Å². The number of halogens is 1. The summed E-state index contributed by atoms with van der Waals surface area (Å²) in [4.78, 5) is 5.94. The molecule has 2 nitrogen and oxygen atoms in total. The standard InChI is InChI=1S/C16H19FN2S/c17-13-8-4-7-12(9-13)15-16(20-14(10-18)19-15)11-5-2-1-3-6-11/h4,7-9,11H,1-3,5-6,10,18H2. The van der Waals surface area contributed by atoms with Crippen LogP contribution in [0.25, 0.3) is 11.3 Å². The third kappa shape index (κ3) is 2.76. The summed E-state index contributed by atoms with van der Waals surface area (Å²) in [5, 5.41) is 0.949. The lowest BCUT2D eigenvalue weighted by molar-refractivity contribution is 0.448. The third-order valence-electron chi connectivity index (χ3n) is 3.95. The average molecular weight is 290 g/mol. The Kier molecular flexibility index (Phi) is 4.13. The summed E-state index contributed by atoms with van der Waals surface area (Å²) in [5.74, 6) is 0.360. The van der Waals surface area contributed by atoms with Crippen LogP contribution in [0, 0.1) is 5.82 Å². The van der Waals surface area contributed by atoms with Gasteiger partial charge in [-0.2, -0.15) is 0 Å². The predicted octanol–water partition coefficient (Wildman–Crippen LogP) is 4.46. The Hall–Kier alpha value is -1.26. The van der Waals surface area contributed by atoms with Gasteiger partial charge in [-0.05, 0) is 30.9 Å². The molecular formula is C16H19FN2S. The van der Waals surface area contributed by atoms with Crippen LogP contribution in [0.5, 0.6) is 0 Å². The zero-order chi connectivity index (χ0) is 13.9. The van der Waals surface area contributed by atoms with E-state index in [1.165, 1.54) is 43.0 Å². The summed E-state index contributed by atoms with van der Waals surface area (Å²) in [6, 6.07) is 6.73. The monoisotopic (exact) mass is 290 g/mol. The van der Waals surface area contributed by atoms with E-state index in [0.29, 0.717) is 12.5 Å². The van der Waals surface area contributed by atoms with Crippen LogP contribution in [-0.2, 0) is 6.54 Å². The first kappa shape index (κ1) is 13.7. The summed E-state index contributed by atoms with van der Waals surface area (Å²) < 4.78 is 13.5. The number of nitrogens with two attached hydrogens (primary N) is 1. The molecule has 1 fully saturated rings. The number of hydrogen-bond donors (Lipinski definition) is 1. The first-order valence-electron chi connectivity index (χ1n) is 7.23. The van der Waals surface area contributed by atoms with Crippen molar-refractivity contribution in [3.05, 3.63) is 40.0 Å². The molecule has 0 bridgehead atoms. The van der Waals surface area contributed by atoms with Crippen LogP contribution in [0.1, 0.15) is 47.9 Å². The molecule has 0 amide bonds. The maximum atomic E-state index is 13.5. The lowest BCUT2D eigenvalue weighted by Gasteiger charge is -2.21. The summed E-state index contributed by atoms with van der Waals surface area (Å²) in [6.07, 6.45) is 6.32. The smallest absolute Gasteiger partial charge is 0.123 e. The minimum absolute atomic E-state index is 0.209. The van der Waals surface area contributed by atoms with Gasteiger partial charge in [0.25, 0.3) is 0 Å². The highest BCUT2D eigenvalue weighted by Crippen LogP contribution is 2.41. The molecule has 4 heteroatoms.